The summed E-state index contributed by atoms with van der Waals surface area (Å²) in [6.45, 7) is 2.90. The molecule has 5 nitrogen and oxygen atoms in total. The molecule has 0 aromatic heterocycles. The molecule has 2 aliphatic rings. The number of carbonyl (C=O) groups excluding carboxylic acids is 2. The topological polar surface area (TPSA) is 61.4 Å². The fourth-order valence-electron chi connectivity index (χ4n) is 3.07. The Balaban J connectivity index is 1.71. The normalized spacial score (nSPS) is 22.3. The lowest BCUT2D eigenvalue weighted by Crippen LogP contribution is -2.41. The number of hydrogen-bond acceptors (Lipinski definition) is 3. The number of carbonyl (C=O) groups is 2. The Morgan fingerprint density at radius 1 is 1.48 bits per heavy atom. The van der Waals surface area contributed by atoms with Crippen LogP contribution >= 0.6 is 0 Å². The zero-order chi connectivity index (χ0) is 15.0. The maximum absolute atomic E-state index is 12.1. The number of amides is 2. The van der Waals surface area contributed by atoms with Gasteiger partial charge in [-0.1, -0.05) is 12.1 Å². The molecule has 21 heavy (non-hydrogen) atoms. The third-order valence-corrected chi connectivity index (χ3v) is 4.42. The van der Waals surface area contributed by atoms with Gasteiger partial charge in [-0.2, -0.15) is 0 Å². The van der Waals surface area contributed by atoms with Crippen molar-refractivity contribution < 1.29 is 9.59 Å². The third-order valence-electron chi connectivity index (χ3n) is 4.42. The summed E-state index contributed by atoms with van der Waals surface area (Å²) >= 11 is 0. The van der Waals surface area contributed by atoms with Gasteiger partial charge in [0.05, 0.1) is 18.5 Å². The highest BCUT2D eigenvalue weighted by Gasteiger charge is 2.26. The zero-order valence-electron chi connectivity index (χ0n) is 12.5. The summed E-state index contributed by atoms with van der Waals surface area (Å²) in [6, 6.07) is 5.87. The standard InChI is InChI=1S/C16H21N3O2/c1-10(18-16(21)13-4-3-7-17-13)11-5-6-14-12(8-11)9-15(20)19(14)2/h5-6,8,10,13,17H,3-4,7,9H2,1-2H3,(H,18,21). The molecule has 2 atom stereocenters. The van der Waals surface area contributed by atoms with Gasteiger partial charge in [0.1, 0.15) is 0 Å². The van der Waals surface area contributed by atoms with Gasteiger partial charge in [-0.25, -0.2) is 0 Å². The predicted octanol–water partition coefficient (Wildman–Crippen LogP) is 1.13. The van der Waals surface area contributed by atoms with Gasteiger partial charge in [-0.3, -0.25) is 9.59 Å². The monoisotopic (exact) mass is 287 g/mol. The van der Waals surface area contributed by atoms with Gasteiger partial charge in [0.25, 0.3) is 0 Å². The van der Waals surface area contributed by atoms with Crippen LogP contribution < -0.4 is 15.5 Å². The lowest BCUT2D eigenvalue weighted by Gasteiger charge is -2.18. The van der Waals surface area contributed by atoms with Gasteiger partial charge < -0.3 is 15.5 Å². The number of nitrogens with one attached hydrogen (secondary N) is 2. The van der Waals surface area contributed by atoms with Gasteiger partial charge in [-0.05, 0) is 43.5 Å². The van der Waals surface area contributed by atoms with Crippen molar-refractivity contribution in [3.63, 3.8) is 0 Å². The van der Waals surface area contributed by atoms with E-state index in [1.165, 1.54) is 0 Å². The van der Waals surface area contributed by atoms with Crippen molar-refractivity contribution in [1.82, 2.24) is 10.6 Å². The van der Waals surface area contributed by atoms with Crippen LogP contribution in [0.15, 0.2) is 18.2 Å². The highest BCUT2D eigenvalue weighted by molar-refractivity contribution is 6.00. The first kappa shape index (κ1) is 14.1. The van der Waals surface area contributed by atoms with Crippen molar-refractivity contribution in [3.05, 3.63) is 29.3 Å². The van der Waals surface area contributed by atoms with E-state index in [0.29, 0.717) is 6.42 Å². The Morgan fingerprint density at radius 3 is 3.00 bits per heavy atom. The van der Waals surface area contributed by atoms with Crippen LogP contribution in [0.25, 0.3) is 0 Å². The molecule has 0 bridgehead atoms. The smallest absolute Gasteiger partial charge is 0.237 e. The summed E-state index contributed by atoms with van der Waals surface area (Å²) < 4.78 is 0. The average molecular weight is 287 g/mol. The summed E-state index contributed by atoms with van der Waals surface area (Å²) in [6.07, 6.45) is 2.41. The molecule has 1 saturated heterocycles. The maximum atomic E-state index is 12.1. The Labute approximate surface area is 124 Å². The third kappa shape index (κ3) is 2.65. The van der Waals surface area contributed by atoms with Crippen molar-refractivity contribution in [2.24, 2.45) is 0 Å². The van der Waals surface area contributed by atoms with Crippen molar-refractivity contribution in [2.75, 3.05) is 18.5 Å². The molecule has 1 aromatic rings. The van der Waals surface area contributed by atoms with E-state index in [4.69, 9.17) is 0 Å². The maximum Gasteiger partial charge on any atom is 0.237 e. The minimum absolute atomic E-state index is 0.0498. The lowest BCUT2D eigenvalue weighted by atomic mass is 10.0. The molecule has 1 fully saturated rings. The van der Waals surface area contributed by atoms with Crippen LogP contribution in [-0.2, 0) is 16.0 Å². The Hall–Kier alpha value is -1.88. The lowest BCUT2D eigenvalue weighted by molar-refractivity contribution is -0.123. The molecule has 2 N–H and O–H groups in total. The number of benzene rings is 1. The molecule has 0 spiro atoms. The van der Waals surface area contributed by atoms with Crippen LogP contribution in [0.5, 0.6) is 0 Å². The van der Waals surface area contributed by atoms with E-state index in [1.54, 1.807) is 11.9 Å². The van der Waals surface area contributed by atoms with Crippen LogP contribution in [0.4, 0.5) is 5.69 Å². The van der Waals surface area contributed by atoms with Gasteiger partial charge in [-0.15, -0.1) is 0 Å². The summed E-state index contributed by atoms with van der Waals surface area (Å²) in [7, 11) is 1.80. The van der Waals surface area contributed by atoms with E-state index in [1.807, 2.05) is 25.1 Å². The SMILES string of the molecule is CC(NC(=O)C1CCCN1)c1ccc2c(c1)CC(=O)N2C. The zero-order valence-corrected chi connectivity index (χ0v) is 12.5. The molecule has 5 heteroatoms. The van der Waals surface area contributed by atoms with Gasteiger partial charge in [0.15, 0.2) is 0 Å². The average Bonchev–Trinajstić information content (AvgIpc) is 3.08. The first-order chi connectivity index (χ1) is 10.1. The number of likely N-dealkylation sites (N-methyl/N-ethyl adjacent to an activating group) is 1. The van der Waals surface area contributed by atoms with Gasteiger partial charge in [0, 0.05) is 12.7 Å². The second-order valence-electron chi connectivity index (χ2n) is 5.90. The summed E-state index contributed by atoms with van der Waals surface area (Å²) in [5.41, 5.74) is 3.06. The van der Waals surface area contributed by atoms with Crippen LogP contribution in [0, 0.1) is 0 Å². The molecule has 1 aromatic carbocycles. The summed E-state index contributed by atoms with van der Waals surface area (Å²) in [5, 5.41) is 6.25. The largest absolute Gasteiger partial charge is 0.348 e. The fraction of sp³-hybridized carbons (Fsp3) is 0.500. The number of fused-ring (bicyclic) bond motifs is 1. The van der Waals surface area contributed by atoms with Gasteiger partial charge in [0.2, 0.25) is 11.8 Å². The molecule has 3 rings (SSSR count). The molecular formula is C16H21N3O2. The van der Waals surface area contributed by atoms with Crippen molar-refractivity contribution >= 4 is 17.5 Å². The Bertz CT molecular complexity index is 579. The van der Waals surface area contributed by atoms with E-state index in [9.17, 15) is 9.59 Å². The molecule has 2 unspecified atom stereocenters. The fourth-order valence-corrected chi connectivity index (χ4v) is 3.07. The highest BCUT2D eigenvalue weighted by atomic mass is 16.2. The van der Waals surface area contributed by atoms with Crippen LogP contribution in [0.2, 0.25) is 0 Å². The number of nitrogens with zero attached hydrogens (tertiary/aromatic N) is 1. The molecule has 2 heterocycles. The minimum Gasteiger partial charge on any atom is -0.348 e. The van der Waals surface area contributed by atoms with Crippen molar-refractivity contribution in [2.45, 2.75) is 38.3 Å². The molecule has 2 amide bonds. The summed E-state index contributed by atoms with van der Waals surface area (Å²) in [5.74, 6) is 0.183. The van der Waals surface area contributed by atoms with E-state index in [2.05, 4.69) is 10.6 Å². The van der Waals surface area contributed by atoms with Crippen LogP contribution in [0.1, 0.15) is 36.9 Å². The molecule has 112 valence electrons. The van der Waals surface area contributed by atoms with Crippen molar-refractivity contribution in [3.8, 4) is 0 Å². The molecule has 0 radical (unpaired) electrons. The summed E-state index contributed by atoms with van der Waals surface area (Å²) in [4.78, 5) is 25.5. The van der Waals surface area contributed by atoms with E-state index in [0.717, 1.165) is 36.2 Å². The Kier molecular flexibility index (Phi) is 3.68. The molecule has 2 aliphatic heterocycles. The first-order valence-electron chi connectivity index (χ1n) is 7.49. The minimum atomic E-state index is -0.0606. The molecular weight excluding hydrogens is 266 g/mol. The number of anilines is 1. The predicted molar refractivity (Wildman–Crippen MR) is 81.1 cm³/mol. The number of rotatable bonds is 3. The van der Waals surface area contributed by atoms with E-state index in [-0.39, 0.29) is 23.9 Å². The van der Waals surface area contributed by atoms with E-state index < -0.39 is 0 Å². The Morgan fingerprint density at radius 2 is 2.29 bits per heavy atom. The second kappa shape index (κ2) is 5.48. The number of hydrogen-bond donors (Lipinski definition) is 2. The van der Waals surface area contributed by atoms with Gasteiger partial charge >= 0.3 is 0 Å². The second-order valence-corrected chi connectivity index (χ2v) is 5.90. The molecule has 0 aliphatic carbocycles. The highest BCUT2D eigenvalue weighted by Crippen LogP contribution is 2.30. The first-order valence-corrected chi connectivity index (χ1v) is 7.49. The molecule has 0 saturated carbocycles. The van der Waals surface area contributed by atoms with Crippen molar-refractivity contribution in [1.29, 1.82) is 0 Å². The van der Waals surface area contributed by atoms with E-state index >= 15 is 0 Å². The van der Waals surface area contributed by atoms with Crippen LogP contribution in [0.3, 0.4) is 0 Å². The quantitative estimate of drug-likeness (QED) is 0.876. The van der Waals surface area contributed by atoms with Crippen LogP contribution in [-0.4, -0.2) is 31.4 Å².